The van der Waals surface area contributed by atoms with E-state index in [1.54, 1.807) is 4.90 Å². The van der Waals surface area contributed by atoms with Crippen molar-refractivity contribution in [3.63, 3.8) is 0 Å². The highest BCUT2D eigenvalue weighted by Gasteiger charge is 2.38. The molecule has 0 N–H and O–H groups in total. The minimum absolute atomic E-state index is 0.0293. The number of fused-ring (bicyclic) bond motifs is 1. The van der Waals surface area contributed by atoms with E-state index in [-0.39, 0.29) is 29.9 Å². The van der Waals surface area contributed by atoms with Gasteiger partial charge in [-0.1, -0.05) is 49.4 Å². The maximum atomic E-state index is 13.5. The Bertz CT molecular complexity index is 1220. The van der Waals surface area contributed by atoms with Crippen molar-refractivity contribution >= 4 is 26.5 Å². The van der Waals surface area contributed by atoms with Crippen molar-refractivity contribution in [2.75, 3.05) is 11.5 Å². The van der Waals surface area contributed by atoms with Crippen LogP contribution in [0.2, 0.25) is 0 Å². The van der Waals surface area contributed by atoms with Crippen molar-refractivity contribution in [2.24, 2.45) is 5.92 Å². The number of sulfone groups is 1. The summed E-state index contributed by atoms with van der Waals surface area (Å²) >= 11 is 0. The molecule has 2 aliphatic rings. The maximum absolute atomic E-state index is 13.5. The highest BCUT2D eigenvalue weighted by atomic mass is 32.2. The molecule has 3 atom stereocenters. The topological polar surface area (TPSA) is 67.6 Å². The van der Waals surface area contributed by atoms with Gasteiger partial charge in [0.25, 0.3) is 0 Å². The van der Waals surface area contributed by atoms with Crippen LogP contribution in [0.3, 0.4) is 0 Å². The standard InChI is InChI=1S/C25H27NO4S/c1-17-13-23(17)24-10-9-21(30-24)15-26(20-11-12-31(28,29)16-20)25(27)14-19-7-4-6-18-5-2-3-8-22(18)19/h2-10,17,20,23H,11-16H2,1H3. The fourth-order valence-electron chi connectivity index (χ4n) is 4.72. The van der Waals surface area contributed by atoms with Gasteiger partial charge in [-0.2, -0.15) is 0 Å². The summed E-state index contributed by atoms with van der Waals surface area (Å²) in [6.07, 6.45) is 1.86. The highest BCUT2D eigenvalue weighted by Crippen LogP contribution is 2.47. The first kappa shape index (κ1) is 20.3. The normalized spacial score (nSPS) is 24.4. The number of hydrogen-bond acceptors (Lipinski definition) is 4. The summed E-state index contributed by atoms with van der Waals surface area (Å²) in [5.41, 5.74) is 0.959. The van der Waals surface area contributed by atoms with E-state index >= 15 is 0 Å². The predicted octanol–water partition coefficient (Wildman–Crippen LogP) is 4.31. The maximum Gasteiger partial charge on any atom is 0.227 e. The molecule has 162 valence electrons. The largest absolute Gasteiger partial charge is 0.464 e. The molecule has 2 aromatic carbocycles. The van der Waals surface area contributed by atoms with Gasteiger partial charge in [-0.25, -0.2) is 8.42 Å². The van der Waals surface area contributed by atoms with Gasteiger partial charge in [0.15, 0.2) is 9.84 Å². The van der Waals surface area contributed by atoms with E-state index in [0.29, 0.717) is 24.8 Å². The number of hydrogen-bond donors (Lipinski definition) is 0. The molecule has 31 heavy (non-hydrogen) atoms. The molecule has 1 aromatic heterocycles. The first-order valence-electron chi connectivity index (χ1n) is 10.9. The molecule has 3 unspecified atom stereocenters. The van der Waals surface area contributed by atoms with Gasteiger partial charge < -0.3 is 9.32 Å². The van der Waals surface area contributed by atoms with Gasteiger partial charge in [-0.3, -0.25) is 4.79 Å². The van der Waals surface area contributed by atoms with Gasteiger partial charge in [-0.05, 0) is 47.2 Å². The number of carbonyl (C=O) groups is 1. The van der Waals surface area contributed by atoms with Gasteiger partial charge in [0.2, 0.25) is 5.91 Å². The molecule has 0 spiro atoms. The van der Waals surface area contributed by atoms with Crippen LogP contribution in [0.4, 0.5) is 0 Å². The van der Waals surface area contributed by atoms with Gasteiger partial charge in [0.1, 0.15) is 11.5 Å². The van der Waals surface area contributed by atoms with Crippen LogP contribution in [-0.2, 0) is 27.6 Å². The average molecular weight is 438 g/mol. The molecular weight excluding hydrogens is 410 g/mol. The fraction of sp³-hybridized carbons (Fsp3) is 0.400. The van der Waals surface area contributed by atoms with Gasteiger partial charge >= 0.3 is 0 Å². The van der Waals surface area contributed by atoms with Crippen LogP contribution in [0, 0.1) is 5.92 Å². The van der Waals surface area contributed by atoms with Crippen LogP contribution in [-0.4, -0.2) is 36.8 Å². The minimum Gasteiger partial charge on any atom is -0.464 e. The third kappa shape index (κ3) is 4.26. The number of rotatable bonds is 6. The van der Waals surface area contributed by atoms with Crippen molar-refractivity contribution < 1.29 is 17.6 Å². The van der Waals surface area contributed by atoms with Gasteiger partial charge in [0, 0.05) is 12.0 Å². The van der Waals surface area contributed by atoms with E-state index < -0.39 is 9.84 Å². The van der Waals surface area contributed by atoms with Crippen LogP contribution in [0.5, 0.6) is 0 Å². The average Bonchev–Trinajstić information content (AvgIpc) is 3.13. The van der Waals surface area contributed by atoms with E-state index in [1.165, 1.54) is 0 Å². The quantitative estimate of drug-likeness (QED) is 0.576. The molecule has 5 nitrogen and oxygen atoms in total. The number of carbonyl (C=O) groups excluding carboxylic acids is 1. The molecule has 6 heteroatoms. The lowest BCUT2D eigenvalue weighted by atomic mass is 10.0. The Labute approximate surface area is 183 Å². The Balaban J connectivity index is 1.40. The summed E-state index contributed by atoms with van der Waals surface area (Å²) in [6.45, 7) is 2.52. The van der Waals surface area contributed by atoms with E-state index in [2.05, 4.69) is 6.92 Å². The monoisotopic (exact) mass is 437 g/mol. The van der Waals surface area contributed by atoms with Crippen molar-refractivity contribution in [1.29, 1.82) is 0 Å². The molecule has 1 aliphatic carbocycles. The van der Waals surface area contributed by atoms with E-state index in [4.69, 9.17) is 4.42 Å². The second-order valence-corrected chi connectivity index (χ2v) is 11.2. The zero-order valence-corrected chi connectivity index (χ0v) is 18.5. The van der Waals surface area contributed by atoms with E-state index in [9.17, 15) is 13.2 Å². The lowest BCUT2D eigenvalue weighted by molar-refractivity contribution is -0.133. The smallest absolute Gasteiger partial charge is 0.227 e. The third-order valence-corrected chi connectivity index (χ3v) is 8.43. The van der Waals surface area contributed by atoms with Crippen LogP contribution in [0.25, 0.3) is 10.8 Å². The zero-order chi connectivity index (χ0) is 21.6. The Kier molecular flexibility index (Phi) is 5.13. The van der Waals surface area contributed by atoms with Crippen molar-refractivity contribution in [3.8, 4) is 0 Å². The predicted molar refractivity (Wildman–Crippen MR) is 120 cm³/mol. The van der Waals surface area contributed by atoms with Gasteiger partial charge in [-0.15, -0.1) is 0 Å². The molecule has 1 saturated heterocycles. The summed E-state index contributed by atoms with van der Waals surface area (Å²) in [4.78, 5) is 15.2. The Morgan fingerprint density at radius 3 is 2.61 bits per heavy atom. The first-order valence-corrected chi connectivity index (χ1v) is 12.8. The Hall–Kier alpha value is -2.60. The fourth-order valence-corrected chi connectivity index (χ4v) is 6.45. The molecule has 0 radical (unpaired) electrons. The summed E-state index contributed by atoms with van der Waals surface area (Å²) in [6, 6.07) is 17.6. The lowest BCUT2D eigenvalue weighted by Crippen LogP contribution is -2.41. The van der Waals surface area contributed by atoms with Crippen molar-refractivity contribution in [2.45, 2.75) is 44.7 Å². The summed E-state index contributed by atoms with van der Waals surface area (Å²) in [5, 5.41) is 2.15. The van der Waals surface area contributed by atoms with E-state index in [0.717, 1.165) is 34.3 Å². The first-order chi connectivity index (χ1) is 14.9. The third-order valence-electron chi connectivity index (χ3n) is 6.67. The number of benzene rings is 2. The molecule has 1 saturated carbocycles. The van der Waals surface area contributed by atoms with Crippen LogP contribution < -0.4 is 0 Å². The molecule has 3 aromatic rings. The molecule has 1 amide bonds. The summed E-state index contributed by atoms with van der Waals surface area (Å²) in [7, 11) is -3.10. The molecule has 1 aliphatic heterocycles. The minimum atomic E-state index is -3.10. The Morgan fingerprint density at radius 1 is 1.10 bits per heavy atom. The second-order valence-electron chi connectivity index (χ2n) is 9.02. The molecule has 5 rings (SSSR count). The van der Waals surface area contributed by atoms with Crippen LogP contribution in [0.1, 0.15) is 42.8 Å². The van der Waals surface area contributed by atoms with Crippen LogP contribution >= 0.6 is 0 Å². The molecular formula is C25H27NO4S. The van der Waals surface area contributed by atoms with Crippen molar-refractivity contribution in [1.82, 2.24) is 4.90 Å². The number of amides is 1. The summed E-state index contributed by atoms with van der Waals surface area (Å²) < 4.78 is 30.3. The zero-order valence-electron chi connectivity index (χ0n) is 17.7. The van der Waals surface area contributed by atoms with Crippen LogP contribution in [0.15, 0.2) is 59.0 Å². The molecule has 2 heterocycles. The SMILES string of the molecule is CC1CC1c1ccc(CN(C(=O)Cc2cccc3ccccc23)C2CCS(=O)(=O)C2)o1. The van der Waals surface area contributed by atoms with E-state index in [1.807, 2.05) is 54.6 Å². The molecule has 0 bridgehead atoms. The number of furan rings is 1. The second kappa shape index (κ2) is 7.83. The van der Waals surface area contributed by atoms with Gasteiger partial charge in [0.05, 0.1) is 24.5 Å². The highest BCUT2D eigenvalue weighted by molar-refractivity contribution is 7.91. The summed E-state index contributed by atoms with van der Waals surface area (Å²) in [5.74, 6) is 2.92. The Morgan fingerprint density at radius 2 is 1.87 bits per heavy atom. The van der Waals surface area contributed by atoms with Crippen molar-refractivity contribution in [3.05, 3.63) is 71.7 Å². The molecule has 2 fully saturated rings. The number of nitrogens with zero attached hydrogens (tertiary/aromatic N) is 1. The lowest BCUT2D eigenvalue weighted by Gasteiger charge is -2.28.